The van der Waals surface area contributed by atoms with E-state index in [1.165, 1.54) is 18.2 Å². The van der Waals surface area contributed by atoms with E-state index in [9.17, 15) is 14.9 Å². The third kappa shape index (κ3) is 4.29. The van der Waals surface area contributed by atoms with Crippen LogP contribution in [0.3, 0.4) is 0 Å². The van der Waals surface area contributed by atoms with E-state index >= 15 is 0 Å². The first-order chi connectivity index (χ1) is 11.3. The summed E-state index contributed by atoms with van der Waals surface area (Å²) in [6.45, 7) is 6.13. The first kappa shape index (κ1) is 17.9. The van der Waals surface area contributed by atoms with Crippen molar-refractivity contribution in [3.63, 3.8) is 0 Å². The van der Waals surface area contributed by atoms with Gasteiger partial charge in [0.1, 0.15) is 5.84 Å². The van der Waals surface area contributed by atoms with Gasteiger partial charge in [-0.3, -0.25) is 19.8 Å². The van der Waals surface area contributed by atoms with E-state index in [0.29, 0.717) is 12.2 Å². The molecule has 1 heterocycles. The fraction of sp³-hybridized carbons (Fsp3) is 0.500. The van der Waals surface area contributed by atoms with Gasteiger partial charge in [0, 0.05) is 38.3 Å². The molecule has 24 heavy (non-hydrogen) atoms. The number of carbonyl (C=O) groups excluding carboxylic acids is 1. The van der Waals surface area contributed by atoms with Crippen LogP contribution in [0.5, 0.6) is 0 Å². The highest BCUT2D eigenvalue weighted by molar-refractivity contribution is 6.01. The number of aliphatic imine (C=N–C) groups is 1. The number of amidine groups is 1. The Kier molecular flexibility index (Phi) is 5.50. The van der Waals surface area contributed by atoms with Gasteiger partial charge in [0.25, 0.3) is 11.6 Å². The molecule has 1 fully saturated rings. The summed E-state index contributed by atoms with van der Waals surface area (Å²) in [5.41, 5.74) is 0.532. The summed E-state index contributed by atoms with van der Waals surface area (Å²) in [6, 6.07) is 4.12. The predicted octanol–water partition coefficient (Wildman–Crippen LogP) is 1.64. The first-order valence-corrected chi connectivity index (χ1v) is 7.84. The number of carbonyl (C=O) groups is 1. The number of benzene rings is 1. The minimum Gasteiger partial charge on any atom is -0.361 e. The lowest BCUT2D eigenvalue weighted by atomic mass is 10.1. The van der Waals surface area contributed by atoms with Gasteiger partial charge in [0.05, 0.1) is 22.7 Å². The molecular weight excluding hydrogens is 310 g/mol. The van der Waals surface area contributed by atoms with Crippen LogP contribution in [0.1, 0.15) is 24.2 Å². The van der Waals surface area contributed by atoms with E-state index in [1.54, 1.807) is 0 Å². The monoisotopic (exact) mass is 333 g/mol. The largest absolute Gasteiger partial charge is 0.361 e. The van der Waals surface area contributed by atoms with Gasteiger partial charge >= 0.3 is 0 Å². The highest BCUT2D eigenvalue weighted by Crippen LogP contribution is 2.25. The van der Waals surface area contributed by atoms with E-state index in [2.05, 4.69) is 15.2 Å². The zero-order valence-electron chi connectivity index (χ0n) is 14.4. The summed E-state index contributed by atoms with van der Waals surface area (Å²) in [5, 5.41) is 13.8. The van der Waals surface area contributed by atoms with Crippen LogP contribution in [-0.4, -0.2) is 66.2 Å². The lowest BCUT2D eigenvalue weighted by Gasteiger charge is -2.32. The first-order valence-electron chi connectivity index (χ1n) is 7.84. The lowest BCUT2D eigenvalue weighted by Crippen LogP contribution is -2.46. The van der Waals surface area contributed by atoms with Crippen molar-refractivity contribution in [2.45, 2.75) is 19.9 Å². The van der Waals surface area contributed by atoms with Crippen LogP contribution in [0.15, 0.2) is 23.2 Å². The molecule has 1 amide bonds. The molecule has 130 valence electrons. The third-order valence-electron chi connectivity index (χ3n) is 3.77. The van der Waals surface area contributed by atoms with Gasteiger partial charge in [-0.1, -0.05) is 0 Å². The molecule has 1 aromatic carbocycles. The maximum absolute atomic E-state index is 12.4. The molecule has 0 spiro atoms. The van der Waals surface area contributed by atoms with E-state index in [-0.39, 0.29) is 23.2 Å². The Labute approximate surface area is 141 Å². The van der Waals surface area contributed by atoms with Crippen LogP contribution in [0.4, 0.5) is 11.4 Å². The Balaban J connectivity index is 2.44. The van der Waals surface area contributed by atoms with Gasteiger partial charge in [-0.15, -0.1) is 0 Å². The van der Waals surface area contributed by atoms with Crippen molar-refractivity contribution in [3.05, 3.63) is 33.9 Å². The molecule has 2 rings (SSSR count). The number of piperazine rings is 1. The van der Waals surface area contributed by atoms with Crippen molar-refractivity contribution in [2.24, 2.45) is 4.99 Å². The quantitative estimate of drug-likeness (QED) is 0.668. The highest BCUT2D eigenvalue weighted by atomic mass is 16.6. The summed E-state index contributed by atoms with van der Waals surface area (Å²) in [4.78, 5) is 31.7. The predicted molar refractivity (Wildman–Crippen MR) is 92.9 cm³/mol. The summed E-state index contributed by atoms with van der Waals surface area (Å²) < 4.78 is 0. The van der Waals surface area contributed by atoms with Gasteiger partial charge in [-0.25, -0.2) is 4.99 Å². The highest BCUT2D eigenvalue weighted by Gasteiger charge is 2.20. The number of hydrogen-bond acceptors (Lipinski definition) is 5. The molecule has 8 nitrogen and oxygen atoms in total. The molecule has 1 saturated heterocycles. The summed E-state index contributed by atoms with van der Waals surface area (Å²) in [6.07, 6.45) is 0. The van der Waals surface area contributed by atoms with E-state index in [1.807, 2.05) is 32.8 Å². The molecule has 1 aliphatic heterocycles. The second-order valence-corrected chi connectivity index (χ2v) is 6.27. The Morgan fingerprint density at radius 3 is 2.67 bits per heavy atom. The molecule has 0 saturated carbocycles. The topological polar surface area (TPSA) is 91.1 Å². The van der Waals surface area contributed by atoms with Crippen LogP contribution in [0, 0.1) is 10.1 Å². The summed E-state index contributed by atoms with van der Waals surface area (Å²) in [5.74, 6) is 0.469. The molecule has 0 aromatic heterocycles. The number of likely N-dealkylation sites (N-methyl/N-ethyl adjacent to an activating group) is 2. The number of amides is 1. The maximum atomic E-state index is 12.4. The van der Waals surface area contributed by atoms with Gasteiger partial charge in [0.2, 0.25) is 0 Å². The van der Waals surface area contributed by atoms with Crippen molar-refractivity contribution >= 4 is 23.1 Å². The average Bonchev–Trinajstić information content (AvgIpc) is 2.50. The van der Waals surface area contributed by atoms with Crippen molar-refractivity contribution in [1.29, 1.82) is 0 Å². The molecule has 0 aliphatic carbocycles. The number of nitrogens with one attached hydrogen (secondary N) is 1. The SMILES string of the molecule is CC(C)NC(=O)c1cc([N+](=O)[O-])ccc1/N=C1\CN(C)CCN1C. The smallest absolute Gasteiger partial charge is 0.270 e. The number of nitrogens with zero attached hydrogens (tertiary/aromatic N) is 4. The zero-order chi connectivity index (χ0) is 17.9. The van der Waals surface area contributed by atoms with Gasteiger partial charge in [-0.2, -0.15) is 0 Å². The van der Waals surface area contributed by atoms with Gasteiger partial charge in [0.15, 0.2) is 0 Å². The van der Waals surface area contributed by atoms with E-state index in [4.69, 9.17) is 0 Å². The van der Waals surface area contributed by atoms with Gasteiger partial charge in [-0.05, 0) is 27.0 Å². The van der Waals surface area contributed by atoms with Crippen LogP contribution in [0.25, 0.3) is 0 Å². The van der Waals surface area contributed by atoms with Crippen LogP contribution >= 0.6 is 0 Å². The normalized spacial score (nSPS) is 17.4. The molecular formula is C16H23N5O3. The summed E-state index contributed by atoms with van der Waals surface area (Å²) >= 11 is 0. The third-order valence-corrected chi connectivity index (χ3v) is 3.77. The average molecular weight is 333 g/mol. The van der Waals surface area contributed by atoms with Crippen molar-refractivity contribution in [1.82, 2.24) is 15.1 Å². The molecule has 8 heteroatoms. The van der Waals surface area contributed by atoms with E-state index in [0.717, 1.165) is 18.9 Å². The number of rotatable bonds is 4. The Morgan fingerprint density at radius 1 is 1.33 bits per heavy atom. The molecule has 0 unspecified atom stereocenters. The Hall–Kier alpha value is -2.48. The maximum Gasteiger partial charge on any atom is 0.270 e. The molecule has 0 bridgehead atoms. The van der Waals surface area contributed by atoms with Crippen LogP contribution in [-0.2, 0) is 0 Å². The zero-order valence-corrected chi connectivity index (χ0v) is 14.4. The lowest BCUT2D eigenvalue weighted by molar-refractivity contribution is -0.384. The second-order valence-electron chi connectivity index (χ2n) is 6.27. The molecule has 1 aromatic rings. The number of non-ortho nitro benzene ring substituents is 1. The Bertz CT molecular complexity index is 672. The number of nitro groups is 1. The molecule has 0 radical (unpaired) electrons. The summed E-state index contributed by atoms with van der Waals surface area (Å²) in [7, 11) is 3.95. The van der Waals surface area contributed by atoms with Crippen molar-refractivity contribution in [2.75, 3.05) is 33.7 Å². The fourth-order valence-corrected chi connectivity index (χ4v) is 2.41. The van der Waals surface area contributed by atoms with Gasteiger partial charge < -0.3 is 10.2 Å². The number of nitro benzene ring substituents is 1. The fourth-order valence-electron chi connectivity index (χ4n) is 2.41. The molecule has 1 aliphatic rings. The standard InChI is InChI=1S/C16H23N5O3/c1-11(2)17-16(22)13-9-12(21(23)24)5-6-14(13)18-15-10-19(3)7-8-20(15)4/h5-6,9,11H,7-8,10H2,1-4H3,(H,17,22)/b18-15+. The number of hydrogen-bond donors (Lipinski definition) is 1. The van der Waals surface area contributed by atoms with Crippen LogP contribution in [0.2, 0.25) is 0 Å². The van der Waals surface area contributed by atoms with Crippen LogP contribution < -0.4 is 5.32 Å². The minimum atomic E-state index is -0.510. The molecule has 0 atom stereocenters. The minimum absolute atomic E-state index is 0.0687. The Morgan fingerprint density at radius 2 is 2.04 bits per heavy atom. The second kappa shape index (κ2) is 7.39. The van der Waals surface area contributed by atoms with Crippen molar-refractivity contribution in [3.8, 4) is 0 Å². The van der Waals surface area contributed by atoms with Crippen molar-refractivity contribution < 1.29 is 9.72 Å². The van der Waals surface area contributed by atoms with E-state index < -0.39 is 4.92 Å². The molecule has 1 N–H and O–H groups in total.